The van der Waals surface area contributed by atoms with Crippen LogP contribution >= 0.6 is 11.6 Å². The van der Waals surface area contributed by atoms with Crippen molar-refractivity contribution >= 4 is 11.6 Å². The summed E-state index contributed by atoms with van der Waals surface area (Å²) in [5, 5.41) is 0. The van der Waals surface area contributed by atoms with Crippen LogP contribution in [0.4, 0.5) is 0 Å². The van der Waals surface area contributed by atoms with Gasteiger partial charge in [0, 0.05) is 12.4 Å². The zero-order chi connectivity index (χ0) is 21.4. The number of rotatable bonds is 17. The number of unbranched alkanes of at least 4 members (excludes halogenated alkanes) is 12. The molecule has 0 fully saturated rings. The molecule has 168 valence electrons. The number of benzene rings is 1. The average molecular weight is 422 g/mol. The Morgan fingerprint density at radius 1 is 0.690 bits per heavy atom. The van der Waals surface area contributed by atoms with E-state index in [1.54, 1.807) is 0 Å². The van der Waals surface area contributed by atoms with Gasteiger partial charge in [-0.2, -0.15) is 0 Å². The maximum atomic E-state index is 5.65. The van der Waals surface area contributed by atoms with E-state index >= 15 is 0 Å². The minimum Gasteiger partial charge on any atom is -0.305 e. The second-order valence-corrected chi connectivity index (χ2v) is 8.73. The smallest absolute Gasteiger partial charge is 0.0227 e. The van der Waals surface area contributed by atoms with Crippen LogP contribution in [0.1, 0.15) is 102 Å². The van der Waals surface area contributed by atoms with E-state index in [0.29, 0.717) is 0 Å². The predicted molar refractivity (Wildman–Crippen MR) is 134 cm³/mol. The van der Waals surface area contributed by atoms with E-state index in [1.807, 2.05) is 6.07 Å². The first-order valence-electron chi connectivity index (χ1n) is 12.1. The van der Waals surface area contributed by atoms with Gasteiger partial charge in [-0.3, -0.25) is 0 Å². The zero-order valence-electron chi connectivity index (χ0n) is 19.7. The third-order valence-electron chi connectivity index (χ3n) is 4.99. The third-order valence-corrected chi connectivity index (χ3v) is 5.25. The standard InChI is InChI=1S/C18H35Cl.C9H13N/c1-2-3-4-5-6-7-8-9-10-11-12-13-14-15-16-17-18-19;1-10(2)8-9-6-4-3-5-7-9/h9-10H,2-8,11-18H2,1H3;3-7H,8H2,1-2H3/b10-9-;. The summed E-state index contributed by atoms with van der Waals surface area (Å²) in [5.41, 5.74) is 1.37. The largest absolute Gasteiger partial charge is 0.305 e. The minimum absolute atomic E-state index is 0.835. The van der Waals surface area contributed by atoms with Crippen molar-refractivity contribution in [3.05, 3.63) is 48.0 Å². The van der Waals surface area contributed by atoms with Gasteiger partial charge in [-0.25, -0.2) is 0 Å². The van der Waals surface area contributed by atoms with E-state index in [4.69, 9.17) is 11.6 Å². The predicted octanol–water partition coefficient (Wildman–Crippen LogP) is 9.01. The topological polar surface area (TPSA) is 3.24 Å². The first kappa shape index (κ1) is 28.2. The van der Waals surface area contributed by atoms with Gasteiger partial charge < -0.3 is 4.90 Å². The zero-order valence-corrected chi connectivity index (χ0v) is 20.4. The van der Waals surface area contributed by atoms with Crippen molar-refractivity contribution in [2.45, 2.75) is 103 Å². The molecule has 0 aromatic heterocycles. The Bertz CT molecular complexity index is 441. The minimum atomic E-state index is 0.835. The lowest BCUT2D eigenvalue weighted by Gasteiger charge is -2.08. The molecule has 0 aliphatic carbocycles. The summed E-state index contributed by atoms with van der Waals surface area (Å²) >= 11 is 5.65. The third kappa shape index (κ3) is 23.4. The van der Waals surface area contributed by atoms with Crippen molar-refractivity contribution < 1.29 is 0 Å². The molecule has 0 N–H and O–H groups in total. The molecule has 0 aliphatic rings. The maximum Gasteiger partial charge on any atom is 0.0227 e. The summed E-state index contributed by atoms with van der Waals surface area (Å²) in [6, 6.07) is 10.5. The maximum absolute atomic E-state index is 5.65. The molecule has 0 radical (unpaired) electrons. The Morgan fingerprint density at radius 3 is 1.66 bits per heavy atom. The van der Waals surface area contributed by atoms with Gasteiger partial charge in [-0.05, 0) is 51.8 Å². The van der Waals surface area contributed by atoms with Crippen LogP contribution in [0.3, 0.4) is 0 Å². The van der Waals surface area contributed by atoms with E-state index in [0.717, 1.165) is 12.4 Å². The highest BCUT2D eigenvalue weighted by Crippen LogP contribution is 2.10. The van der Waals surface area contributed by atoms with E-state index < -0.39 is 0 Å². The van der Waals surface area contributed by atoms with Crippen molar-refractivity contribution in [2.24, 2.45) is 0 Å². The number of hydrogen-bond donors (Lipinski definition) is 0. The number of alkyl halides is 1. The van der Waals surface area contributed by atoms with Crippen LogP contribution in [0.2, 0.25) is 0 Å². The summed E-state index contributed by atoms with van der Waals surface area (Å²) in [6.07, 6.45) is 23.8. The Morgan fingerprint density at radius 2 is 1.17 bits per heavy atom. The van der Waals surface area contributed by atoms with Crippen LogP contribution in [-0.2, 0) is 6.54 Å². The average Bonchev–Trinajstić information content (AvgIpc) is 2.72. The van der Waals surface area contributed by atoms with Crippen LogP contribution in [0, 0.1) is 0 Å². The van der Waals surface area contributed by atoms with Crippen LogP contribution < -0.4 is 0 Å². The lowest BCUT2D eigenvalue weighted by Crippen LogP contribution is -2.10. The van der Waals surface area contributed by atoms with Gasteiger partial charge in [0.1, 0.15) is 0 Å². The molecular weight excluding hydrogens is 374 g/mol. The summed E-state index contributed by atoms with van der Waals surface area (Å²) in [4.78, 5) is 2.16. The van der Waals surface area contributed by atoms with Crippen LogP contribution in [0.15, 0.2) is 42.5 Å². The molecule has 0 bridgehead atoms. The molecule has 2 heteroatoms. The highest BCUT2D eigenvalue weighted by Gasteiger charge is 1.91. The van der Waals surface area contributed by atoms with Crippen LogP contribution in [-0.4, -0.2) is 24.9 Å². The molecule has 0 amide bonds. The molecule has 0 heterocycles. The quantitative estimate of drug-likeness (QED) is 0.138. The molecule has 1 aromatic rings. The molecule has 1 aromatic carbocycles. The van der Waals surface area contributed by atoms with Gasteiger partial charge in [0.25, 0.3) is 0 Å². The van der Waals surface area contributed by atoms with Crippen molar-refractivity contribution in [3.8, 4) is 0 Å². The summed E-state index contributed by atoms with van der Waals surface area (Å²) in [6.45, 7) is 3.31. The molecule has 0 saturated carbocycles. The van der Waals surface area contributed by atoms with E-state index in [9.17, 15) is 0 Å². The number of hydrogen-bond acceptors (Lipinski definition) is 1. The first-order chi connectivity index (χ1) is 14.2. The molecule has 1 rings (SSSR count). The van der Waals surface area contributed by atoms with Gasteiger partial charge >= 0.3 is 0 Å². The fourth-order valence-electron chi connectivity index (χ4n) is 3.29. The highest BCUT2D eigenvalue weighted by molar-refractivity contribution is 6.17. The molecular formula is C27H48ClN. The second-order valence-electron chi connectivity index (χ2n) is 8.35. The Labute approximate surface area is 187 Å². The van der Waals surface area contributed by atoms with Gasteiger partial charge in [0.15, 0.2) is 0 Å². The lowest BCUT2D eigenvalue weighted by atomic mass is 10.1. The van der Waals surface area contributed by atoms with E-state index in [2.05, 4.69) is 62.3 Å². The van der Waals surface area contributed by atoms with Crippen LogP contribution in [0.25, 0.3) is 0 Å². The highest BCUT2D eigenvalue weighted by atomic mass is 35.5. The molecule has 0 atom stereocenters. The lowest BCUT2D eigenvalue weighted by molar-refractivity contribution is 0.402. The van der Waals surface area contributed by atoms with Crippen molar-refractivity contribution in [2.75, 3.05) is 20.0 Å². The van der Waals surface area contributed by atoms with Crippen molar-refractivity contribution in [1.29, 1.82) is 0 Å². The number of halogens is 1. The van der Waals surface area contributed by atoms with Gasteiger partial charge in [-0.1, -0.05) is 107 Å². The fraction of sp³-hybridized carbons (Fsp3) is 0.704. The van der Waals surface area contributed by atoms with Gasteiger partial charge in [0.2, 0.25) is 0 Å². The molecule has 0 spiro atoms. The number of nitrogens with zero attached hydrogens (tertiary/aromatic N) is 1. The van der Waals surface area contributed by atoms with E-state index in [1.165, 1.54) is 95.5 Å². The monoisotopic (exact) mass is 421 g/mol. The normalized spacial score (nSPS) is 11.1. The first-order valence-corrected chi connectivity index (χ1v) is 12.6. The molecule has 0 aliphatic heterocycles. The summed E-state index contributed by atoms with van der Waals surface area (Å²) < 4.78 is 0. The van der Waals surface area contributed by atoms with Crippen LogP contribution in [0.5, 0.6) is 0 Å². The van der Waals surface area contributed by atoms with E-state index in [-0.39, 0.29) is 0 Å². The molecule has 29 heavy (non-hydrogen) atoms. The summed E-state index contributed by atoms with van der Waals surface area (Å²) in [5.74, 6) is 0.835. The Kier molecular flexibility index (Phi) is 22.8. The SMILES string of the molecule is CCCCCCCC/C=C\CCCCCCCCCl.CN(C)Cc1ccccc1. The Hall–Kier alpha value is -0.790. The molecule has 1 nitrogen and oxygen atoms in total. The van der Waals surface area contributed by atoms with Gasteiger partial charge in [0.05, 0.1) is 0 Å². The van der Waals surface area contributed by atoms with Gasteiger partial charge in [-0.15, -0.1) is 11.6 Å². The number of allylic oxidation sites excluding steroid dienone is 2. The molecule has 0 unspecified atom stereocenters. The van der Waals surface area contributed by atoms with Crippen molar-refractivity contribution in [1.82, 2.24) is 4.90 Å². The fourth-order valence-corrected chi connectivity index (χ4v) is 3.48. The Balaban J connectivity index is 0.000000651. The second kappa shape index (κ2) is 23.5. The molecule has 0 saturated heterocycles. The summed E-state index contributed by atoms with van der Waals surface area (Å²) in [7, 11) is 4.15. The van der Waals surface area contributed by atoms with Crippen molar-refractivity contribution in [3.63, 3.8) is 0 Å².